The zero-order valence-corrected chi connectivity index (χ0v) is 12.3. The molecule has 1 aliphatic carbocycles. The number of carboxylic acids is 1. The van der Waals surface area contributed by atoms with Gasteiger partial charge in [-0.3, -0.25) is 9.59 Å². The second-order valence-electron chi connectivity index (χ2n) is 6.29. The number of halogens is 3. The molecule has 3 rings (SSSR count). The van der Waals surface area contributed by atoms with Gasteiger partial charge in [0, 0.05) is 13.1 Å². The van der Waals surface area contributed by atoms with Gasteiger partial charge in [0.25, 0.3) is 5.91 Å². The second-order valence-corrected chi connectivity index (χ2v) is 6.29. The van der Waals surface area contributed by atoms with Crippen molar-refractivity contribution in [2.45, 2.75) is 25.4 Å². The Kier molecular flexibility index (Phi) is 3.61. The minimum absolute atomic E-state index is 0.258. The Bertz CT molecular complexity index is 648. The lowest BCUT2D eigenvalue weighted by Gasteiger charge is -2.33. The lowest BCUT2D eigenvalue weighted by molar-refractivity contribution is -0.140. The molecule has 0 aromatic heterocycles. The molecule has 0 radical (unpaired) electrons. The molecule has 1 N–H and O–H groups in total. The van der Waals surface area contributed by atoms with Crippen molar-refractivity contribution in [1.29, 1.82) is 0 Å². The highest BCUT2D eigenvalue weighted by atomic mass is 19.4. The fraction of sp³-hybridized carbons (Fsp3) is 0.500. The van der Waals surface area contributed by atoms with E-state index in [1.54, 1.807) is 0 Å². The Morgan fingerprint density at radius 1 is 1.17 bits per heavy atom. The largest absolute Gasteiger partial charge is 0.481 e. The van der Waals surface area contributed by atoms with E-state index in [0.29, 0.717) is 32.4 Å². The summed E-state index contributed by atoms with van der Waals surface area (Å²) in [6.45, 7) is 0.601. The number of hydrogen-bond acceptors (Lipinski definition) is 2. The summed E-state index contributed by atoms with van der Waals surface area (Å²) in [5, 5.41) is 9.04. The van der Waals surface area contributed by atoms with E-state index in [2.05, 4.69) is 0 Å². The number of nitrogens with zero attached hydrogens (tertiary/aromatic N) is 1. The fourth-order valence-electron chi connectivity index (χ4n) is 3.49. The summed E-state index contributed by atoms with van der Waals surface area (Å²) < 4.78 is 39.0. The first-order valence-corrected chi connectivity index (χ1v) is 7.43. The van der Waals surface area contributed by atoms with E-state index in [0.717, 1.165) is 6.07 Å². The predicted molar refractivity (Wildman–Crippen MR) is 74.8 cm³/mol. The zero-order chi connectivity index (χ0) is 16.8. The van der Waals surface area contributed by atoms with Crippen LogP contribution in [0.1, 0.15) is 35.2 Å². The molecule has 0 bridgehead atoms. The maximum absolute atomic E-state index is 13.0. The molecule has 1 heterocycles. The van der Waals surface area contributed by atoms with Crippen LogP contribution in [0.15, 0.2) is 24.3 Å². The third kappa shape index (κ3) is 2.80. The van der Waals surface area contributed by atoms with Gasteiger partial charge in [0.1, 0.15) is 0 Å². The van der Waals surface area contributed by atoms with E-state index in [1.807, 2.05) is 0 Å². The first-order valence-electron chi connectivity index (χ1n) is 7.43. The number of benzene rings is 1. The molecule has 23 heavy (non-hydrogen) atoms. The van der Waals surface area contributed by atoms with Crippen LogP contribution >= 0.6 is 0 Å². The highest BCUT2D eigenvalue weighted by Crippen LogP contribution is 2.59. The Labute approximate surface area is 130 Å². The predicted octanol–water partition coefficient (Wildman–Crippen LogP) is 3.03. The summed E-state index contributed by atoms with van der Waals surface area (Å²) in [5.74, 6) is -1.84. The molecule has 2 fully saturated rings. The van der Waals surface area contributed by atoms with E-state index < -0.39 is 23.6 Å². The van der Waals surface area contributed by atoms with Gasteiger partial charge in [0.15, 0.2) is 0 Å². The Balaban J connectivity index is 1.73. The topological polar surface area (TPSA) is 57.6 Å². The van der Waals surface area contributed by atoms with Gasteiger partial charge in [0.05, 0.1) is 17.0 Å². The quantitative estimate of drug-likeness (QED) is 0.908. The molecule has 1 aromatic carbocycles. The number of aliphatic carboxylic acids is 1. The van der Waals surface area contributed by atoms with E-state index in [-0.39, 0.29) is 16.9 Å². The van der Waals surface area contributed by atoms with Crippen LogP contribution in [-0.2, 0) is 11.0 Å². The van der Waals surface area contributed by atoms with E-state index in [4.69, 9.17) is 5.11 Å². The maximum atomic E-state index is 13.0. The Hall–Kier alpha value is -2.05. The van der Waals surface area contributed by atoms with Crippen molar-refractivity contribution >= 4 is 11.9 Å². The van der Waals surface area contributed by atoms with Crippen LogP contribution in [0, 0.1) is 11.3 Å². The van der Waals surface area contributed by atoms with Crippen LogP contribution in [0.4, 0.5) is 13.2 Å². The van der Waals surface area contributed by atoms with Crippen LogP contribution in [0.2, 0.25) is 0 Å². The number of piperidine rings is 1. The van der Waals surface area contributed by atoms with Gasteiger partial charge in [-0.15, -0.1) is 0 Å². The van der Waals surface area contributed by atoms with Crippen LogP contribution < -0.4 is 0 Å². The molecule has 4 nitrogen and oxygen atoms in total. The minimum atomic E-state index is -4.58. The number of hydrogen-bond donors (Lipinski definition) is 1. The summed E-state index contributed by atoms with van der Waals surface area (Å²) in [6, 6.07) is 4.76. The summed E-state index contributed by atoms with van der Waals surface area (Å²) in [7, 11) is 0. The van der Waals surface area contributed by atoms with E-state index in [1.165, 1.54) is 23.1 Å². The molecule has 1 spiro atoms. The monoisotopic (exact) mass is 327 g/mol. The second kappa shape index (κ2) is 5.25. The molecule has 1 amide bonds. The number of carbonyl (C=O) groups excluding carboxylic acids is 1. The van der Waals surface area contributed by atoms with E-state index >= 15 is 0 Å². The molecule has 1 atom stereocenters. The van der Waals surface area contributed by atoms with Gasteiger partial charge in [0.2, 0.25) is 0 Å². The minimum Gasteiger partial charge on any atom is -0.481 e. The standard InChI is InChI=1S/C16H16F3NO3/c17-16(18,19)11-4-2-1-3-10(11)13(21)20-7-5-15(6-8-20)9-12(15)14(22)23/h1-4,12H,5-9H2,(H,22,23). The highest BCUT2D eigenvalue weighted by Gasteiger charge is 2.59. The Morgan fingerprint density at radius 3 is 2.30 bits per heavy atom. The fourth-order valence-corrected chi connectivity index (χ4v) is 3.49. The molecule has 7 heteroatoms. The molecule has 124 valence electrons. The molecule has 1 saturated heterocycles. The number of carboxylic acid groups (broad SMARTS) is 1. The third-order valence-corrected chi connectivity index (χ3v) is 5.00. The lowest BCUT2D eigenvalue weighted by atomic mass is 9.90. The number of rotatable bonds is 2. The summed E-state index contributed by atoms with van der Waals surface area (Å²) in [4.78, 5) is 24.8. The van der Waals surface area contributed by atoms with Crippen molar-refractivity contribution in [3.8, 4) is 0 Å². The van der Waals surface area contributed by atoms with E-state index in [9.17, 15) is 22.8 Å². The summed E-state index contributed by atoms with van der Waals surface area (Å²) in [5.41, 5.74) is -1.53. The van der Waals surface area contributed by atoms with Crippen molar-refractivity contribution in [3.63, 3.8) is 0 Å². The maximum Gasteiger partial charge on any atom is 0.417 e. The molecule has 1 aliphatic heterocycles. The van der Waals surface area contributed by atoms with Gasteiger partial charge in [-0.25, -0.2) is 0 Å². The van der Waals surface area contributed by atoms with Crippen molar-refractivity contribution in [2.75, 3.05) is 13.1 Å². The average Bonchev–Trinajstić information content (AvgIpc) is 3.20. The summed E-state index contributed by atoms with van der Waals surface area (Å²) in [6.07, 6.45) is -2.91. The summed E-state index contributed by atoms with van der Waals surface area (Å²) >= 11 is 0. The SMILES string of the molecule is O=C(O)C1CC12CCN(C(=O)c1ccccc1C(F)(F)F)CC2. The van der Waals surface area contributed by atoms with Crippen LogP contribution in [0.3, 0.4) is 0 Å². The molecule has 2 aliphatic rings. The molecule has 1 saturated carbocycles. The lowest BCUT2D eigenvalue weighted by Crippen LogP contribution is -2.40. The smallest absolute Gasteiger partial charge is 0.417 e. The van der Waals surface area contributed by atoms with Crippen molar-refractivity contribution in [1.82, 2.24) is 4.90 Å². The Morgan fingerprint density at radius 2 is 1.78 bits per heavy atom. The van der Waals surface area contributed by atoms with Crippen LogP contribution in [0.25, 0.3) is 0 Å². The number of alkyl halides is 3. The van der Waals surface area contributed by atoms with Gasteiger partial charge in [-0.2, -0.15) is 13.2 Å². The number of amides is 1. The first kappa shape index (κ1) is 15.8. The zero-order valence-electron chi connectivity index (χ0n) is 12.3. The number of carbonyl (C=O) groups is 2. The van der Waals surface area contributed by atoms with Gasteiger partial charge < -0.3 is 10.0 Å². The van der Waals surface area contributed by atoms with Crippen molar-refractivity contribution < 1.29 is 27.9 Å². The van der Waals surface area contributed by atoms with Gasteiger partial charge in [-0.1, -0.05) is 12.1 Å². The molecular weight excluding hydrogens is 311 g/mol. The van der Waals surface area contributed by atoms with Crippen LogP contribution in [-0.4, -0.2) is 35.0 Å². The molecule has 1 unspecified atom stereocenters. The average molecular weight is 327 g/mol. The third-order valence-electron chi connectivity index (χ3n) is 5.00. The van der Waals surface area contributed by atoms with Gasteiger partial charge >= 0.3 is 12.1 Å². The van der Waals surface area contributed by atoms with Crippen LogP contribution in [0.5, 0.6) is 0 Å². The van der Waals surface area contributed by atoms with Gasteiger partial charge in [-0.05, 0) is 36.8 Å². The first-order chi connectivity index (χ1) is 10.7. The van der Waals surface area contributed by atoms with Crippen molar-refractivity contribution in [2.24, 2.45) is 11.3 Å². The molecular formula is C16H16F3NO3. The normalized spacial score (nSPS) is 22.9. The molecule has 1 aromatic rings. The highest BCUT2D eigenvalue weighted by molar-refractivity contribution is 5.96. The van der Waals surface area contributed by atoms with Crippen molar-refractivity contribution in [3.05, 3.63) is 35.4 Å². The number of likely N-dealkylation sites (tertiary alicyclic amines) is 1.